The van der Waals surface area contributed by atoms with Crippen molar-refractivity contribution in [1.82, 2.24) is 4.98 Å². The fourth-order valence-corrected chi connectivity index (χ4v) is 3.94. The summed E-state index contributed by atoms with van der Waals surface area (Å²) < 4.78 is 11.4. The summed E-state index contributed by atoms with van der Waals surface area (Å²) in [5.74, 6) is 0.943. The van der Waals surface area contributed by atoms with Crippen LogP contribution in [0.15, 0.2) is 66.9 Å². The van der Waals surface area contributed by atoms with Crippen molar-refractivity contribution in [3.05, 3.63) is 78.0 Å². The number of unbranched alkanes of at least 4 members (excludes halogenated alkanes) is 7. The quantitative estimate of drug-likeness (QED) is 0.164. The fourth-order valence-electron chi connectivity index (χ4n) is 3.94. The number of hydrogen-bond acceptors (Lipinski definition) is 4. The molecule has 2 aromatic carbocycles. The van der Waals surface area contributed by atoms with Gasteiger partial charge in [0.25, 0.3) is 0 Å². The van der Waals surface area contributed by atoms with Gasteiger partial charge < -0.3 is 9.47 Å². The lowest BCUT2D eigenvalue weighted by molar-refractivity contribution is 0.0734. The van der Waals surface area contributed by atoms with Gasteiger partial charge in [-0.05, 0) is 73.4 Å². The predicted octanol–water partition coefficient (Wildman–Crippen LogP) is 8.44. The van der Waals surface area contributed by atoms with Crippen LogP contribution < -0.4 is 9.47 Å². The van der Waals surface area contributed by atoms with E-state index in [2.05, 4.69) is 18.8 Å². The Bertz CT molecular complexity index is 995. The summed E-state index contributed by atoms with van der Waals surface area (Å²) in [7, 11) is 0. The monoisotopic (exact) mass is 473 g/mol. The number of aryl methyl sites for hydroxylation is 1. The van der Waals surface area contributed by atoms with Crippen LogP contribution in [0.4, 0.5) is 0 Å². The van der Waals surface area contributed by atoms with E-state index in [4.69, 9.17) is 9.47 Å². The minimum absolute atomic E-state index is 0.371. The number of esters is 1. The molecule has 0 amide bonds. The van der Waals surface area contributed by atoms with Crippen molar-refractivity contribution in [2.75, 3.05) is 6.61 Å². The van der Waals surface area contributed by atoms with Gasteiger partial charge in [-0.1, -0.05) is 70.9 Å². The highest BCUT2D eigenvalue weighted by atomic mass is 16.5. The molecule has 0 spiro atoms. The third kappa shape index (κ3) is 9.20. The molecule has 0 aliphatic rings. The maximum absolute atomic E-state index is 12.5. The maximum atomic E-state index is 12.5. The van der Waals surface area contributed by atoms with Gasteiger partial charge in [0, 0.05) is 5.56 Å². The molecule has 0 aliphatic carbocycles. The fraction of sp³-hybridized carbons (Fsp3) is 0.419. The van der Waals surface area contributed by atoms with Crippen LogP contribution in [0.1, 0.15) is 87.6 Å². The minimum Gasteiger partial charge on any atom is -0.494 e. The molecule has 4 heteroatoms. The SMILES string of the molecule is CCCCCCCCCOc1ccc(-c2ccc(OC(=O)c3ccc(CCCC)cc3)cn2)cc1. The number of carbonyl (C=O) groups excluding carboxylic acids is 1. The van der Waals surface area contributed by atoms with Crippen molar-refractivity contribution < 1.29 is 14.3 Å². The molecule has 0 radical (unpaired) electrons. The Labute approximate surface area is 210 Å². The number of benzene rings is 2. The average molecular weight is 474 g/mol. The average Bonchev–Trinajstić information content (AvgIpc) is 2.90. The van der Waals surface area contributed by atoms with E-state index in [1.54, 1.807) is 12.3 Å². The van der Waals surface area contributed by atoms with Gasteiger partial charge >= 0.3 is 5.97 Å². The number of carbonyl (C=O) groups is 1. The molecule has 0 aliphatic heterocycles. The first-order valence-electron chi connectivity index (χ1n) is 13.2. The first kappa shape index (κ1) is 26.5. The van der Waals surface area contributed by atoms with Crippen LogP contribution >= 0.6 is 0 Å². The van der Waals surface area contributed by atoms with E-state index < -0.39 is 0 Å². The van der Waals surface area contributed by atoms with Gasteiger partial charge in [0.1, 0.15) is 11.5 Å². The molecule has 0 fully saturated rings. The normalized spacial score (nSPS) is 10.8. The summed E-state index contributed by atoms with van der Waals surface area (Å²) in [6, 6.07) is 19.3. The highest BCUT2D eigenvalue weighted by Gasteiger charge is 2.09. The molecule has 0 N–H and O–H groups in total. The highest BCUT2D eigenvalue weighted by molar-refractivity contribution is 5.91. The van der Waals surface area contributed by atoms with Gasteiger partial charge in [0.2, 0.25) is 0 Å². The van der Waals surface area contributed by atoms with Gasteiger partial charge in [-0.25, -0.2) is 4.79 Å². The highest BCUT2D eigenvalue weighted by Crippen LogP contribution is 2.23. The van der Waals surface area contributed by atoms with E-state index in [0.29, 0.717) is 11.3 Å². The third-order valence-corrected chi connectivity index (χ3v) is 6.12. The molecule has 4 nitrogen and oxygen atoms in total. The zero-order valence-electron chi connectivity index (χ0n) is 21.3. The summed E-state index contributed by atoms with van der Waals surface area (Å²) in [5, 5.41) is 0. The Balaban J connectivity index is 1.44. The molecule has 0 saturated heterocycles. The van der Waals surface area contributed by atoms with E-state index in [1.165, 1.54) is 44.1 Å². The summed E-state index contributed by atoms with van der Waals surface area (Å²) in [6.07, 6.45) is 13.9. The van der Waals surface area contributed by atoms with E-state index in [0.717, 1.165) is 49.3 Å². The standard InChI is InChI=1S/C31H39NO3/c1-3-5-7-8-9-10-11-23-34-28-19-17-26(18-20-28)30-22-21-29(24-32-30)35-31(33)27-15-13-25(14-16-27)12-6-4-2/h13-22,24H,3-12,23H2,1-2H3. The van der Waals surface area contributed by atoms with Crippen LogP contribution in [0.3, 0.4) is 0 Å². The smallest absolute Gasteiger partial charge is 0.343 e. The number of rotatable bonds is 15. The van der Waals surface area contributed by atoms with Crippen molar-refractivity contribution in [2.45, 2.75) is 78.1 Å². The van der Waals surface area contributed by atoms with E-state index in [1.807, 2.05) is 54.6 Å². The van der Waals surface area contributed by atoms with Crippen LogP contribution in [0.5, 0.6) is 11.5 Å². The molecule has 1 aromatic heterocycles. The van der Waals surface area contributed by atoms with Crippen molar-refractivity contribution in [3.63, 3.8) is 0 Å². The number of hydrogen-bond donors (Lipinski definition) is 0. The molecule has 35 heavy (non-hydrogen) atoms. The van der Waals surface area contributed by atoms with Crippen molar-refractivity contribution in [3.8, 4) is 22.8 Å². The summed E-state index contributed by atoms with van der Waals surface area (Å²) in [4.78, 5) is 16.9. The number of aromatic nitrogens is 1. The molecular weight excluding hydrogens is 434 g/mol. The molecule has 0 bridgehead atoms. The lowest BCUT2D eigenvalue weighted by Crippen LogP contribution is -2.08. The van der Waals surface area contributed by atoms with Crippen molar-refractivity contribution in [1.29, 1.82) is 0 Å². The van der Waals surface area contributed by atoms with Crippen LogP contribution in [-0.4, -0.2) is 17.6 Å². The second-order valence-corrected chi connectivity index (χ2v) is 9.06. The van der Waals surface area contributed by atoms with Gasteiger partial charge in [0.15, 0.2) is 0 Å². The lowest BCUT2D eigenvalue weighted by Gasteiger charge is -2.08. The molecule has 0 saturated carbocycles. The first-order chi connectivity index (χ1) is 17.2. The first-order valence-corrected chi connectivity index (χ1v) is 13.2. The lowest BCUT2D eigenvalue weighted by atomic mass is 10.1. The van der Waals surface area contributed by atoms with Crippen LogP contribution in [0.25, 0.3) is 11.3 Å². The molecule has 1 heterocycles. The van der Waals surface area contributed by atoms with Crippen molar-refractivity contribution in [2.24, 2.45) is 0 Å². The molecule has 0 atom stereocenters. The molecule has 3 aromatic rings. The van der Waals surface area contributed by atoms with E-state index in [9.17, 15) is 4.79 Å². The second kappa shape index (κ2) is 15.0. The topological polar surface area (TPSA) is 48.4 Å². The molecule has 3 rings (SSSR count). The maximum Gasteiger partial charge on any atom is 0.343 e. The predicted molar refractivity (Wildman–Crippen MR) is 143 cm³/mol. The van der Waals surface area contributed by atoms with Gasteiger partial charge in [0.05, 0.1) is 24.1 Å². The number of ether oxygens (including phenoxy) is 2. The van der Waals surface area contributed by atoms with Crippen molar-refractivity contribution >= 4 is 5.97 Å². The largest absolute Gasteiger partial charge is 0.494 e. The molecule has 0 unspecified atom stereocenters. The Morgan fingerprint density at radius 1 is 0.714 bits per heavy atom. The zero-order valence-corrected chi connectivity index (χ0v) is 21.3. The summed E-state index contributed by atoms with van der Waals surface area (Å²) >= 11 is 0. The number of pyridine rings is 1. The number of nitrogens with zero attached hydrogens (tertiary/aromatic N) is 1. The zero-order chi connectivity index (χ0) is 24.7. The Kier molecular flexibility index (Phi) is 11.3. The van der Waals surface area contributed by atoms with Crippen LogP contribution in [-0.2, 0) is 6.42 Å². The van der Waals surface area contributed by atoms with Crippen LogP contribution in [0.2, 0.25) is 0 Å². The third-order valence-electron chi connectivity index (χ3n) is 6.12. The molecule has 186 valence electrons. The minimum atomic E-state index is -0.371. The van der Waals surface area contributed by atoms with E-state index in [-0.39, 0.29) is 5.97 Å². The van der Waals surface area contributed by atoms with E-state index >= 15 is 0 Å². The molecular formula is C31H39NO3. The Morgan fingerprint density at radius 2 is 1.37 bits per heavy atom. The second-order valence-electron chi connectivity index (χ2n) is 9.06. The van der Waals surface area contributed by atoms with Crippen LogP contribution in [0, 0.1) is 0 Å². The van der Waals surface area contributed by atoms with Gasteiger partial charge in [-0.15, -0.1) is 0 Å². The summed E-state index contributed by atoms with van der Waals surface area (Å²) in [6.45, 7) is 5.18. The van der Waals surface area contributed by atoms with Gasteiger partial charge in [-0.3, -0.25) is 4.98 Å². The summed E-state index contributed by atoms with van der Waals surface area (Å²) in [5.41, 5.74) is 3.60. The van der Waals surface area contributed by atoms with Gasteiger partial charge in [-0.2, -0.15) is 0 Å². The Hall–Kier alpha value is -3.14. The Morgan fingerprint density at radius 3 is 2.03 bits per heavy atom.